The number of hydrogen-bond donors (Lipinski definition) is 2. The Kier molecular flexibility index (Phi) is 4.10. The maximum absolute atomic E-state index is 12.7. The van der Waals surface area contributed by atoms with Crippen LogP contribution in [0, 0.1) is 6.92 Å². The third-order valence-electron chi connectivity index (χ3n) is 4.77. The van der Waals surface area contributed by atoms with Crippen molar-refractivity contribution in [2.75, 3.05) is 0 Å². The van der Waals surface area contributed by atoms with Gasteiger partial charge < -0.3 is 4.98 Å². The highest BCUT2D eigenvalue weighted by Gasteiger charge is 2.28. The van der Waals surface area contributed by atoms with E-state index in [0.717, 1.165) is 30.5 Å². The van der Waals surface area contributed by atoms with Crippen LogP contribution in [0.3, 0.4) is 0 Å². The van der Waals surface area contributed by atoms with Gasteiger partial charge in [0.25, 0.3) is 0 Å². The summed E-state index contributed by atoms with van der Waals surface area (Å²) in [4.78, 5) is 3.62. The highest BCUT2D eigenvalue weighted by molar-refractivity contribution is 7.89. The van der Waals surface area contributed by atoms with E-state index >= 15 is 0 Å². The third kappa shape index (κ3) is 3.08. The van der Waals surface area contributed by atoms with Gasteiger partial charge in [-0.05, 0) is 62.1 Å². The van der Waals surface area contributed by atoms with E-state index in [1.807, 2.05) is 0 Å². The molecule has 6 heteroatoms. The first kappa shape index (κ1) is 16.6. The Morgan fingerprint density at radius 1 is 1.20 bits per heavy atom. The molecule has 4 nitrogen and oxygen atoms in total. The molecule has 0 radical (unpaired) electrons. The molecular formula is C19H19ClN2O2S. The van der Waals surface area contributed by atoms with Crippen LogP contribution in [0.25, 0.3) is 10.9 Å². The number of H-pyrrole nitrogens is 1. The summed E-state index contributed by atoms with van der Waals surface area (Å²) < 4.78 is 28.3. The molecule has 1 aliphatic carbocycles. The van der Waals surface area contributed by atoms with Gasteiger partial charge in [-0.25, -0.2) is 13.1 Å². The van der Waals surface area contributed by atoms with Crippen LogP contribution >= 0.6 is 11.6 Å². The minimum absolute atomic E-state index is 0.194. The molecule has 25 heavy (non-hydrogen) atoms. The molecule has 0 aliphatic heterocycles. The maximum Gasteiger partial charge on any atom is 0.241 e. The zero-order valence-electron chi connectivity index (χ0n) is 13.8. The van der Waals surface area contributed by atoms with Gasteiger partial charge in [0.2, 0.25) is 10.0 Å². The topological polar surface area (TPSA) is 62.0 Å². The number of sulfonamides is 1. The minimum atomic E-state index is -3.63. The lowest BCUT2D eigenvalue weighted by atomic mass is 9.92. The zero-order valence-corrected chi connectivity index (χ0v) is 15.4. The van der Waals surface area contributed by atoms with E-state index in [0.29, 0.717) is 5.02 Å². The van der Waals surface area contributed by atoms with Gasteiger partial charge in [-0.1, -0.05) is 29.3 Å². The first-order valence-corrected chi connectivity index (χ1v) is 10.2. The van der Waals surface area contributed by atoms with Gasteiger partial charge in [0, 0.05) is 21.6 Å². The number of rotatable bonds is 3. The molecule has 0 saturated carbocycles. The monoisotopic (exact) mass is 374 g/mol. The number of hydrogen-bond acceptors (Lipinski definition) is 2. The molecule has 130 valence electrons. The fourth-order valence-electron chi connectivity index (χ4n) is 3.58. The third-order valence-corrected chi connectivity index (χ3v) is 6.47. The van der Waals surface area contributed by atoms with Gasteiger partial charge >= 0.3 is 0 Å². The van der Waals surface area contributed by atoms with E-state index in [1.54, 1.807) is 18.2 Å². The molecule has 0 amide bonds. The van der Waals surface area contributed by atoms with Crippen molar-refractivity contribution in [3.05, 3.63) is 64.3 Å². The summed E-state index contributed by atoms with van der Waals surface area (Å²) in [7, 11) is -3.63. The van der Waals surface area contributed by atoms with E-state index in [9.17, 15) is 8.42 Å². The average molecular weight is 375 g/mol. The Balaban J connectivity index is 1.73. The molecule has 3 aromatic rings. The molecule has 1 atom stereocenters. The standard InChI is InChI=1S/C19H19ClN2O2S/c1-12-8-9-17-16(10-12)15-6-3-7-18(19(15)21-17)22-25(23,24)14-5-2-4-13(20)11-14/h2,4-5,8-11,18,21-22H,3,6-7H2,1H3. The SMILES string of the molecule is Cc1ccc2[nH]c3c(c2c1)CCCC3NS(=O)(=O)c1cccc(Cl)c1. The molecular weight excluding hydrogens is 356 g/mol. The quantitative estimate of drug-likeness (QED) is 0.709. The Labute approximate surface area is 152 Å². The Morgan fingerprint density at radius 3 is 2.84 bits per heavy atom. The molecule has 0 spiro atoms. The molecule has 2 N–H and O–H groups in total. The lowest BCUT2D eigenvalue weighted by molar-refractivity contribution is 0.501. The van der Waals surface area contributed by atoms with Crippen LogP contribution in [-0.4, -0.2) is 13.4 Å². The van der Waals surface area contributed by atoms with Gasteiger partial charge in [0.1, 0.15) is 0 Å². The predicted molar refractivity (Wildman–Crippen MR) is 100 cm³/mol. The van der Waals surface area contributed by atoms with Gasteiger partial charge in [-0.15, -0.1) is 0 Å². The van der Waals surface area contributed by atoms with Gasteiger partial charge in [0.05, 0.1) is 10.9 Å². The Bertz CT molecular complexity index is 1060. The van der Waals surface area contributed by atoms with Crippen molar-refractivity contribution in [1.82, 2.24) is 9.71 Å². The predicted octanol–water partition coefficient (Wildman–Crippen LogP) is 4.49. The van der Waals surface area contributed by atoms with Crippen LogP contribution in [0.5, 0.6) is 0 Å². The molecule has 0 fully saturated rings. The summed E-state index contributed by atoms with van der Waals surface area (Å²) in [6.45, 7) is 2.07. The first-order valence-electron chi connectivity index (χ1n) is 8.33. The zero-order chi connectivity index (χ0) is 17.6. The fraction of sp³-hybridized carbons (Fsp3) is 0.263. The number of fused-ring (bicyclic) bond motifs is 3. The number of aromatic nitrogens is 1. The van der Waals surface area contributed by atoms with E-state index in [2.05, 4.69) is 34.8 Å². The molecule has 1 aromatic heterocycles. The maximum atomic E-state index is 12.7. The van der Waals surface area contributed by atoms with Crippen molar-refractivity contribution in [3.63, 3.8) is 0 Å². The van der Waals surface area contributed by atoms with Crippen LogP contribution in [-0.2, 0) is 16.4 Å². The van der Waals surface area contributed by atoms with Crippen LogP contribution in [0.1, 0.15) is 35.7 Å². The second-order valence-electron chi connectivity index (χ2n) is 6.59. The summed E-state index contributed by atoms with van der Waals surface area (Å²) in [5.74, 6) is 0. The Hall–Kier alpha value is -1.82. The minimum Gasteiger partial charge on any atom is -0.357 e. The van der Waals surface area contributed by atoms with Crippen LogP contribution in [0.2, 0.25) is 5.02 Å². The molecule has 1 unspecified atom stereocenters. The van der Waals surface area contributed by atoms with Gasteiger partial charge in [0.15, 0.2) is 0 Å². The van der Waals surface area contributed by atoms with E-state index < -0.39 is 10.0 Å². The molecule has 4 rings (SSSR count). The molecule has 1 heterocycles. The van der Waals surface area contributed by atoms with Crippen molar-refractivity contribution >= 4 is 32.5 Å². The second kappa shape index (κ2) is 6.16. The summed E-state index contributed by atoms with van der Waals surface area (Å²) >= 11 is 5.94. The van der Waals surface area contributed by atoms with E-state index in [4.69, 9.17) is 11.6 Å². The largest absolute Gasteiger partial charge is 0.357 e. The lowest BCUT2D eigenvalue weighted by Crippen LogP contribution is -2.31. The summed E-state index contributed by atoms with van der Waals surface area (Å²) in [5, 5.41) is 1.61. The highest BCUT2D eigenvalue weighted by Crippen LogP contribution is 2.36. The lowest BCUT2D eigenvalue weighted by Gasteiger charge is -2.23. The number of aryl methyl sites for hydroxylation is 2. The average Bonchev–Trinajstić information content (AvgIpc) is 2.94. The fourth-order valence-corrected chi connectivity index (χ4v) is 5.12. The number of halogens is 1. The van der Waals surface area contributed by atoms with Crippen LogP contribution in [0.4, 0.5) is 0 Å². The molecule has 0 saturated heterocycles. The van der Waals surface area contributed by atoms with E-state index in [-0.39, 0.29) is 10.9 Å². The van der Waals surface area contributed by atoms with Crippen molar-refractivity contribution in [2.24, 2.45) is 0 Å². The number of benzene rings is 2. The van der Waals surface area contributed by atoms with Crippen LogP contribution < -0.4 is 4.72 Å². The van der Waals surface area contributed by atoms with Crippen molar-refractivity contribution in [1.29, 1.82) is 0 Å². The molecule has 0 bridgehead atoms. The number of aromatic amines is 1. The van der Waals surface area contributed by atoms with Crippen molar-refractivity contribution in [2.45, 2.75) is 37.1 Å². The molecule has 1 aliphatic rings. The van der Waals surface area contributed by atoms with Crippen molar-refractivity contribution < 1.29 is 8.42 Å². The highest BCUT2D eigenvalue weighted by atomic mass is 35.5. The van der Waals surface area contributed by atoms with Crippen molar-refractivity contribution in [3.8, 4) is 0 Å². The summed E-state index contributed by atoms with van der Waals surface area (Å²) in [5.41, 5.74) is 4.47. The summed E-state index contributed by atoms with van der Waals surface area (Å²) in [6.07, 6.45) is 2.70. The second-order valence-corrected chi connectivity index (χ2v) is 8.74. The first-order chi connectivity index (χ1) is 11.9. The smallest absolute Gasteiger partial charge is 0.241 e. The molecule has 2 aromatic carbocycles. The number of nitrogens with one attached hydrogen (secondary N) is 2. The Morgan fingerprint density at radius 2 is 2.04 bits per heavy atom. The van der Waals surface area contributed by atoms with Gasteiger partial charge in [-0.2, -0.15) is 0 Å². The van der Waals surface area contributed by atoms with E-state index in [1.165, 1.54) is 22.6 Å². The van der Waals surface area contributed by atoms with Crippen LogP contribution in [0.15, 0.2) is 47.4 Å². The summed E-state index contributed by atoms with van der Waals surface area (Å²) in [6, 6.07) is 12.4. The normalized spacial score (nSPS) is 17.6. The van der Waals surface area contributed by atoms with Gasteiger partial charge in [-0.3, -0.25) is 0 Å².